The third kappa shape index (κ3) is 6.14. The molecule has 1 aliphatic rings. The number of carboxylic acids is 1. The molecule has 1 aliphatic heterocycles. The van der Waals surface area contributed by atoms with Crippen LogP contribution in [-0.4, -0.2) is 40.2 Å². The quantitative estimate of drug-likeness (QED) is 0.450. The van der Waals surface area contributed by atoms with Gasteiger partial charge in [-0.15, -0.1) is 0 Å². The van der Waals surface area contributed by atoms with Gasteiger partial charge in [-0.05, 0) is 66.6 Å². The van der Waals surface area contributed by atoms with Crippen molar-refractivity contribution in [2.45, 2.75) is 13.3 Å². The number of aliphatic imine (C=N–C) groups is 1. The van der Waals surface area contributed by atoms with E-state index in [2.05, 4.69) is 12.1 Å². The van der Waals surface area contributed by atoms with Crippen LogP contribution in [0.2, 0.25) is 0 Å². The number of hydrogen-bond donors (Lipinski definition) is 1. The van der Waals surface area contributed by atoms with Crippen molar-refractivity contribution in [3.05, 3.63) is 100 Å². The molecule has 1 heterocycles. The van der Waals surface area contributed by atoms with E-state index >= 15 is 0 Å². The molecule has 0 atom stereocenters. The third-order valence-electron chi connectivity index (χ3n) is 5.15. The van der Waals surface area contributed by atoms with Crippen LogP contribution in [0.1, 0.15) is 16.7 Å². The van der Waals surface area contributed by atoms with Crippen molar-refractivity contribution in [1.82, 2.24) is 4.90 Å². The van der Waals surface area contributed by atoms with E-state index in [-0.39, 0.29) is 5.91 Å². The molecule has 0 unspecified atom stereocenters. The molecular formula is C27H24N2O4S. The lowest BCUT2D eigenvalue weighted by Gasteiger charge is -2.15. The molecule has 0 bridgehead atoms. The maximum atomic E-state index is 13.3. The van der Waals surface area contributed by atoms with Crippen LogP contribution in [0, 0.1) is 6.92 Å². The lowest BCUT2D eigenvalue weighted by molar-refractivity contribution is -0.139. The highest BCUT2D eigenvalue weighted by molar-refractivity contribution is 8.18. The van der Waals surface area contributed by atoms with Crippen LogP contribution in [0.5, 0.6) is 5.75 Å². The topological polar surface area (TPSA) is 79.2 Å². The number of amidine groups is 1. The summed E-state index contributed by atoms with van der Waals surface area (Å²) in [6.45, 7) is 2.15. The summed E-state index contributed by atoms with van der Waals surface area (Å²) in [6, 6.07) is 24.9. The highest BCUT2D eigenvalue weighted by Crippen LogP contribution is 2.34. The van der Waals surface area contributed by atoms with Crippen LogP contribution in [0.4, 0.5) is 5.69 Å². The fourth-order valence-corrected chi connectivity index (χ4v) is 4.39. The van der Waals surface area contributed by atoms with E-state index in [4.69, 9.17) is 14.8 Å². The number of amides is 1. The summed E-state index contributed by atoms with van der Waals surface area (Å²) in [4.78, 5) is 31.0. The monoisotopic (exact) mass is 472 g/mol. The maximum Gasteiger partial charge on any atom is 0.341 e. The Hall–Kier alpha value is -3.84. The summed E-state index contributed by atoms with van der Waals surface area (Å²) in [6.07, 6.45) is 2.55. The van der Waals surface area contributed by atoms with Crippen LogP contribution in [0.3, 0.4) is 0 Å². The van der Waals surface area contributed by atoms with Gasteiger partial charge >= 0.3 is 5.97 Å². The summed E-state index contributed by atoms with van der Waals surface area (Å²) in [7, 11) is 0. The number of carbonyl (C=O) groups excluding carboxylic acids is 1. The minimum absolute atomic E-state index is 0.0852. The molecular weight excluding hydrogens is 448 g/mol. The van der Waals surface area contributed by atoms with E-state index in [9.17, 15) is 9.59 Å². The fourth-order valence-electron chi connectivity index (χ4n) is 3.36. The average molecular weight is 473 g/mol. The van der Waals surface area contributed by atoms with Crippen molar-refractivity contribution in [2.24, 2.45) is 4.99 Å². The summed E-state index contributed by atoms with van der Waals surface area (Å²) in [5.74, 6) is -0.658. The molecule has 1 N–H and O–H groups in total. The van der Waals surface area contributed by atoms with Gasteiger partial charge in [0.25, 0.3) is 5.91 Å². The van der Waals surface area contributed by atoms with E-state index < -0.39 is 12.6 Å². The highest BCUT2D eigenvalue weighted by Gasteiger charge is 2.33. The van der Waals surface area contributed by atoms with Crippen molar-refractivity contribution < 1.29 is 19.4 Å². The van der Waals surface area contributed by atoms with Crippen LogP contribution in [-0.2, 0) is 16.0 Å². The van der Waals surface area contributed by atoms with Crippen molar-refractivity contribution in [1.29, 1.82) is 0 Å². The lowest BCUT2D eigenvalue weighted by Crippen LogP contribution is -2.31. The van der Waals surface area contributed by atoms with Gasteiger partial charge in [-0.3, -0.25) is 9.69 Å². The molecule has 7 heteroatoms. The van der Waals surface area contributed by atoms with Gasteiger partial charge < -0.3 is 9.84 Å². The maximum absolute atomic E-state index is 13.3. The molecule has 0 aliphatic carbocycles. The number of carbonyl (C=O) groups is 2. The molecule has 3 aromatic rings. The lowest BCUT2D eigenvalue weighted by atomic mass is 10.1. The minimum Gasteiger partial charge on any atom is -0.482 e. The van der Waals surface area contributed by atoms with Crippen molar-refractivity contribution in [2.75, 3.05) is 13.2 Å². The highest BCUT2D eigenvalue weighted by atomic mass is 32.2. The van der Waals surface area contributed by atoms with E-state index in [1.165, 1.54) is 11.8 Å². The SMILES string of the molecule is Cc1ccc(N=C2SC(=Cc3ccc(OCC(=O)O)cc3)C(=O)N2CCc2ccccc2)cc1. The van der Waals surface area contributed by atoms with Gasteiger partial charge in [-0.25, -0.2) is 9.79 Å². The largest absolute Gasteiger partial charge is 0.482 e. The summed E-state index contributed by atoms with van der Waals surface area (Å²) in [5.41, 5.74) is 3.92. The Morgan fingerprint density at radius 2 is 1.74 bits per heavy atom. The van der Waals surface area contributed by atoms with E-state index in [0.717, 1.165) is 28.8 Å². The second kappa shape index (κ2) is 10.9. The molecule has 0 saturated carbocycles. The summed E-state index contributed by atoms with van der Waals surface area (Å²) >= 11 is 1.35. The number of ether oxygens (including phenoxy) is 1. The first kappa shape index (κ1) is 23.3. The Balaban J connectivity index is 1.56. The Morgan fingerprint density at radius 3 is 2.41 bits per heavy atom. The number of nitrogens with zero attached hydrogens (tertiary/aromatic N) is 2. The summed E-state index contributed by atoms with van der Waals surface area (Å²) in [5, 5.41) is 9.39. The standard InChI is InChI=1S/C27H24N2O4S/c1-19-7-11-22(12-8-19)28-27-29(16-15-20-5-3-2-4-6-20)26(32)24(34-27)17-21-9-13-23(14-10-21)33-18-25(30)31/h2-14,17H,15-16,18H2,1H3,(H,30,31). The van der Waals surface area contributed by atoms with E-state index in [0.29, 0.717) is 22.4 Å². The van der Waals surface area contributed by atoms with Crippen molar-refractivity contribution in [3.63, 3.8) is 0 Å². The first-order valence-electron chi connectivity index (χ1n) is 10.8. The molecule has 4 rings (SSSR count). The van der Waals surface area contributed by atoms with E-state index in [1.54, 1.807) is 29.2 Å². The normalized spacial score (nSPS) is 15.8. The first-order chi connectivity index (χ1) is 16.5. The minimum atomic E-state index is -1.03. The Bertz CT molecular complexity index is 1220. The van der Waals surface area contributed by atoms with Crippen LogP contribution in [0.25, 0.3) is 6.08 Å². The van der Waals surface area contributed by atoms with Crippen LogP contribution >= 0.6 is 11.8 Å². The predicted octanol–water partition coefficient (Wildman–Crippen LogP) is 5.31. The van der Waals surface area contributed by atoms with Crippen LogP contribution < -0.4 is 4.74 Å². The zero-order chi connectivity index (χ0) is 23.9. The van der Waals surface area contributed by atoms with Crippen molar-refractivity contribution in [3.8, 4) is 5.75 Å². The number of rotatable bonds is 8. The second-order valence-corrected chi connectivity index (χ2v) is 8.79. The number of carboxylic acid groups (broad SMARTS) is 1. The molecule has 172 valence electrons. The summed E-state index contributed by atoms with van der Waals surface area (Å²) < 4.78 is 5.18. The number of aryl methyl sites for hydroxylation is 1. The van der Waals surface area contributed by atoms with Gasteiger partial charge in [0.05, 0.1) is 10.6 Å². The first-order valence-corrected chi connectivity index (χ1v) is 11.6. The molecule has 0 spiro atoms. The Morgan fingerprint density at radius 1 is 1.03 bits per heavy atom. The molecule has 34 heavy (non-hydrogen) atoms. The molecule has 1 saturated heterocycles. The van der Waals surface area contributed by atoms with E-state index in [1.807, 2.05) is 55.5 Å². The Kier molecular flexibility index (Phi) is 7.44. The van der Waals surface area contributed by atoms with Gasteiger partial charge in [0.2, 0.25) is 0 Å². The molecule has 0 aromatic heterocycles. The zero-order valence-electron chi connectivity index (χ0n) is 18.7. The third-order valence-corrected chi connectivity index (χ3v) is 6.16. The number of thioether (sulfide) groups is 1. The molecule has 6 nitrogen and oxygen atoms in total. The second-order valence-electron chi connectivity index (χ2n) is 7.78. The number of hydrogen-bond acceptors (Lipinski definition) is 5. The van der Waals surface area contributed by atoms with Gasteiger partial charge in [0, 0.05) is 6.54 Å². The Labute approximate surface area is 202 Å². The molecule has 3 aromatic carbocycles. The van der Waals surface area contributed by atoms with Crippen LogP contribution in [0.15, 0.2) is 88.8 Å². The van der Waals surface area contributed by atoms with Gasteiger partial charge in [-0.1, -0.05) is 60.2 Å². The van der Waals surface area contributed by atoms with Gasteiger partial charge in [0.1, 0.15) is 5.75 Å². The van der Waals surface area contributed by atoms with Crippen molar-refractivity contribution >= 4 is 40.6 Å². The van der Waals surface area contributed by atoms with Gasteiger partial charge in [-0.2, -0.15) is 0 Å². The smallest absolute Gasteiger partial charge is 0.341 e. The number of aliphatic carboxylic acids is 1. The fraction of sp³-hybridized carbons (Fsp3) is 0.148. The molecule has 1 amide bonds. The predicted molar refractivity (Wildman–Crippen MR) is 135 cm³/mol. The average Bonchev–Trinajstić information content (AvgIpc) is 3.13. The number of benzene rings is 3. The molecule has 0 radical (unpaired) electrons. The molecule has 1 fully saturated rings. The van der Waals surface area contributed by atoms with Gasteiger partial charge in [0.15, 0.2) is 11.8 Å². The zero-order valence-corrected chi connectivity index (χ0v) is 19.5.